The van der Waals surface area contributed by atoms with E-state index >= 15 is 0 Å². The van der Waals surface area contributed by atoms with Gasteiger partial charge in [-0.3, -0.25) is 9.59 Å². The Labute approximate surface area is 208 Å². The van der Waals surface area contributed by atoms with Crippen molar-refractivity contribution in [3.8, 4) is 12.3 Å². The highest BCUT2D eigenvalue weighted by atomic mass is 16.6. The molecule has 0 radical (unpaired) electrons. The Kier molecular flexibility index (Phi) is 9.47. The number of amides is 3. The van der Waals surface area contributed by atoms with Gasteiger partial charge in [-0.25, -0.2) is 4.79 Å². The predicted molar refractivity (Wildman–Crippen MR) is 136 cm³/mol. The number of carbonyl (C=O) groups excluding carboxylic acids is 3. The summed E-state index contributed by atoms with van der Waals surface area (Å²) < 4.78 is 5.34. The molecule has 35 heavy (non-hydrogen) atoms. The molecule has 7 heteroatoms. The molecule has 0 bridgehead atoms. The number of likely N-dealkylation sites (N-methyl/N-ethyl adjacent to an activating group) is 1. The summed E-state index contributed by atoms with van der Waals surface area (Å²) >= 11 is 0. The van der Waals surface area contributed by atoms with Crippen LogP contribution in [0.4, 0.5) is 4.79 Å². The molecule has 2 unspecified atom stereocenters. The topological polar surface area (TPSA) is 87.7 Å². The summed E-state index contributed by atoms with van der Waals surface area (Å²) in [6, 6.07) is 14.6. The first-order chi connectivity index (χ1) is 16.4. The van der Waals surface area contributed by atoms with Gasteiger partial charge in [-0.05, 0) is 43.9 Å². The van der Waals surface area contributed by atoms with Crippen molar-refractivity contribution in [2.75, 3.05) is 7.05 Å². The van der Waals surface area contributed by atoms with Crippen LogP contribution in [0, 0.1) is 18.3 Å². The molecule has 0 saturated heterocycles. The minimum Gasteiger partial charge on any atom is -0.444 e. The van der Waals surface area contributed by atoms with E-state index in [1.807, 2.05) is 44.2 Å². The average Bonchev–Trinajstić information content (AvgIpc) is 2.80. The van der Waals surface area contributed by atoms with Crippen LogP contribution in [-0.2, 0) is 20.9 Å². The number of nitrogens with zero attached hydrogens (tertiary/aromatic N) is 1. The fraction of sp³-hybridized carbons (Fsp3) is 0.393. The van der Waals surface area contributed by atoms with Crippen LogP contribution in [0.3, 0.4) is 0 Å². The van der Waals surface area contributed by atoms with Crippen molar-refractivity contribution in [2.24, 2.45) is 5.92 Å². The maximum atomic E-state index is 13.6. The van der Waals surface area contributed by atoms with Gasteiger partial charge in [0.1, 0.15) is 17.7 Å². The van der Waals surface area contributed by atoms with E-state index in [4.69, 9.17) is 11.2 Å². The first kappa shape index (κ1) is 27.5. The lowest BCUT2D eigenvalue weighted by atomic mass is 9.96. The Morgan fingerprint density at radius 3 is 2.20 bits per heavy atom. The van der Waals surface area contributed by atoms with Crippen molar-refractivity contribution >= 4 is 17.9 Å². The Morgan fingerprint density at radius 2 is 1.63 bits per heavy atom. The highest BCUT2D eigenvalue weighted by Gasteiger charge is 2.36. The van der Waals surface area contributed by atoms with Gasteiger partial charge in [0.05, 0.1) is 0 Å². The fourth-order valence-electron chi connectivity index (χ4n) is 3.57. The molecule has 2 rings (SSSR count). The number of hydrogen-bond acceptors (Lipinski definition) is 4. The van der Waals surface area contributed by atoms with E-state index in [9.17, 15) is 14.4 Å². The van der Waals surface area contributed by atoms with Crippen LogP contribution in [0.25, 0.3) is 0 Å². The lowest BCUT2D eigenvalue weighted by Crippen LogP contribution is -2.53. The maximum absolute atomic E-state index is 13.6. The van der Waals surface area contributed by atoms with Gasteiger partial charge in [0.25, 0.3) is 0 Å². The highest BCUT2D eigenvalue weighted by molar-refractivity contribution is 5.92. The Morgan fingerprint density at radius 1 is 1.03 bits per heavy atom. The normalized spacial score (nSPS) is 12.7. The molecule has 2 N–H and O–H groups in total. The van der Waals surface area contributed by atoms with Crippen LogP contribution >= 0.6 is 0 Å². The number of rotatable bonds is 8. The number of terminal acetylenes is 1. The second-order valence-corrected chi connectivity index (χ2v) is 9.65. The Balaban J connectivity index is 2.36. The second kappa shape index (κ2) is 12.1. The van der Waals surface area contributed by atoms with Gasteiger partial charge in [-0.1, -0.05) is 68.3 Å². The van der Waals surface area contributed by atoms with Crippen LogP contribution in [0.1, 0.15) is 57.4 Å². The molecule has 0 aliphatic rings. The van der Waals surface area contributed by atoms with Crippen molar-refractivity contribution in [3.63, 3.8) is 0 Å². The van der Waals surface area contributed by atoms with Crippen LogP contribution in [0.2, 0.25) is 0 Å². The molecule has 0 fully saturated rings. The molecule has 3 amide bonds. The smallest absolute Gasteiger partial charge is 0.408 e. The zero-order chi connectivity index (χ0) is 26.2. The number of hydrogen-bond donors (Lipinski definition) is 2. The quantitative estimate of drug-likeness (QED) is 0.562. The van der Waals surface area contributed by atoms with Gasteiger partial charge < -0.3 is 20.3 Å². The number of nitrogens with one attached hydrogen (secondary N) is 2. The highest BCUT2D eigenvalue weighted by Crippen LogP contribution is 2.25. The number of benzene rings is 2. The van der Waals surface area contributed by atoms with E-state index < -0.39 is 29.7 Å². The third kappa shape index (κ3) is 7.89. The molecule has 186 valence electrons. The molecular weight excluding hydrogens is 442 g/mol. The van der Waals surface area contributed by atoms with E-state index in [0.29, 0.717) is 17.7 Å². The second-order valence-electron chi connectivity index (χ2n) is 9.65. The van der Waals surface area contributed by atoms with Crippen molar-refractivity contribution in [1.82, 2.24) is 15.5 Å². The molecular formula is C28H35N3O4. The third-order valence-electron chi connectivity index (χ3n) is 5.31. The van der Waals surface area contributed by atoms with E-state index in [-0.39, 0.29) is 11.8 Å². The lowest BCUT2D eigenvalue weighted by molar-refractivity contribution is -0.141. The summed E-state index contributed by atoms with van der Waals surface area (Å²) in [4.78, 5) is 40.8. The average molecular weight is 478 g/mol. The first-order valence-corrected chi connectivity index (χ1v) is 11.6. The number of ether oxygens (including phenoxy) is 1. The Hall–Kier alpha value is -3.79. The zero-order valence-electron chi connectivity index (χ0n) is 21.3. The minimum atomic E-state index is -1.000. The molecule has 0 spiro atoms. The molecule has 0 heterocycles. The van der Waals surface area contributed by atoms with Gasteiger partial charge in [-0.15, -0.1) is 6.42 Å². The van der Waals surface area contributed by atoms with E-state index in [0.717, 1.165) is 5.56 Å². The standard InChI is InChI=1S/C28H35N3O4/c1-8-21-16-12-13-17-22(21)24(25(32)29-18-20-14-10-9-11-15-20)31(7)26(33)23(19(2)3)30-27(34)35-28(4,5)6/h1,9-17,19,23-24H,18H2,2-7H3,(H,29,32)(H,30,34). The molecule has 2 aromatic rings. The predicted octanol–water partition coefficient (Wildman–Crippen LogP) is 4.03. The molecule has 0 aliphatic carbocycles. The third-order valence-corrected chi connectivity index (χ3v) is 5.31. The number of alkyl carbamates (subject to hydrolysis) is 1. The zero-order valence-corrected chi connectivity index (χ0v) is 21.3. The van der Waals surface area contributed by atoms with Crippen molar-refractivity contribution in [3.05, 3.63) is 71.3 Å². The Bertz CT molecular complexity index is 1070. The van der Waals surface area contributed by atoms with E-state index in [1.165, 1.54) is 11.9 Å². The molecule has 7 nitrogen and oxygen atoms in total. The lowest BCUT2D eigenvalue weighted by Gasteiger charge is -2.33. The first-order valence-electron chi connectivity index (χ1n) is 11.6. The van der Waals surface area contributed by atoms with Crippen LogP contribution < -0.4 is 10.6 Å². The van der Waals surface area contributed by atoms with Gasteiger partial charge in [-0.2, -0.15) is 0 Å². The molecule has 2 atom stereocenters. The summed E-state index contributed by atoms with van der Waals surface area (Å²) in [5.74, 6) is 1.53. The fourth-order valence-corrected chi connectivity index (χ4v) is 3.57. The van der Waals surface area contributed by atoms with Crippen molar-refractivity contribution < 1.29 is 19.1 Å². The molecule has 2 aromatic carbocycles. The monoisotopic (exact) mass is 477 g/mol. The summed E-state index contributed by atoms with van der Waals surface area (Å²) in [6.45, 7) is 9.15. The van der Waals surface area contributed by atoms with Crippen LogP contribution in [0.15, 0.2) is 54.6 Å². The van der Waals surface area contributed by atoms with Gasteiger partial charge in [0.15, 0.2) is 0 Å². The van der Waals surface area contributed by atoms with E-state index in [1.54, 1.807) is 45.0 Å². The molecule has 0 aliphatic heterocycles. The summed E-state index contributed by atoms with van der Waals surface area (Å²) in [5.41, 5.74) is 1.24. The van der Waals surface area contributed by atoms with Crippen LogP contribution in [-0.4, -0.2) is 41.5 Å². The number of carbonyl (C=O) groups is 3. The van der Waals surface area contributed by atoms with Crippen LogP contribution in [0.5, 0.6) is 0 Å². The summed E-state index contributed by atoms with van der Waals surface area (Å²) in [5, 5.41) is 5.57. The molecule has 0 aromatic heterocycles. The minimum absolute atomic E-state index is 0.256. The summed E-state index contributed by atoms with van der Waals surface area (Å²) in [6.07, 6.45) is 5.00. The maximum Gasteiger partial charge on any atom is 0.408 e. The SMILES string of the molecule is C#Cc1ccccc1C(C(=O)NCc1ccccc1)N(C)C(=O)C(NC(=O)OC(C)(C)C)C(C)C. The molecule has 0 saturated carbocycles. The van der Waals surface area contributed by atoms with Crippen molar-refractivity contribution in [1.29, 1.82) is 0 Å². The van der Waals surface area contributed by atoms with Crippen molar-refractivity contribution in [2.45, 2.75) is 58.8 Å². The van der Waals surface area contributed by atoms with Gasteiger partial charge in [0, 0.05) is 19.2 Å². The largest absolute Gasteiger partial charge is 0.444 e. The van der Waals surface area contributed by atoms with Gasteiger partial charge >= 0.3 is 6.09 Å². The summed E-state index contributed by atoms with van der Waals surface area (Å²) in [7, 11) is 1.54. The van der Waals surface area contributed by atoms with E-state index in [2.05, 4.69) is 16.6 Å². The van der Waals surface area contributed by atoms with Gasteiger partial charge in [0.2, 0.25) is 11.8 Å².